The van der Waals surface area contributed by atoms with Crippen LogP contribution in [0.4, 0.5) is 4.79 Å². The van der Waals surface area contributed by atoms with Crippen LogP contribution in [-0.4, -0.2) is 59.1 Å². The van der Waals surface area contributed by atoms with E-state index in [1.54, 1.807) is 0 Å². The van der Waals surface area contributed by atoms with Crippen molar-refractivity contribution >= 4 is 17.6 Å². The SMILES string of the molecule is O=C(N[C@@H]1CCCN(Cc2ccccc2Cl)C1)N1CCC2NNC(c3ccncc3)C2C1. The highest BCUT2D eigenvalue weighted by Gasteiger charge is 2.41. The number of urea groups is 1. The summed E-state index contributed by atoms with van der Waals surface area (Å²) in [7, 11) is 0. The number of amides is 2. The molecule has 3 aliphatic rings. The van der Waals surface area contributed by atoms with Gasteiger partial charge in [0.05, 0.1) is 6.04 Å². The molecule has 3 aliphatic heterocycles. The molecule has 2 amide bonds. The van der Waals surface area contributed by atoms with Crippen molar-refractivity contribution in [2.45, 2.75) is 43.9 Å². The number of halogens is 1. The van der Waals surface area contributed by atoms with Gasteiger partial charge in [-0.15, -0.1) is 0 Å². The van der Waals surface area contributed by atoms with Gasteiger partial charge in [0.15, 0.2) is 0 Å². The molecule has 3 fully saturated rings. The molecule has 0 spiro atoms. The number of fused-ring (bicyclic) bond motifs is 1. The first kappa shape index (κ1) is 21.6. The van der Waals surface area contributed by atoms with Gasteiger partial charge in [-0.2, -0.15) is 0 Å². The number of rotatable bonds is 4. The molecule has 1 aromatic carbocycles. The Morgan fingerprint density at radius 1 is 1.09 bits per heavy atom. The lowest BCUT2D eigenvalue weighted by molar-refractivity contribution is 0.139. The van der Waals surface area contributed by atoms with E-state index in [0.717, 1.165) is 62.6 Å². The third kappa shape index (κ3) is 4.76. The van der Waals surface area contributed by atoms with E-state index in [4.69, 9.17) is 11.6 Å². The Bertz CT molecular complexity index is 928. The average Bonchev–Trinajstić information content (AvgIpc) is 3.25. The first-order valence-electron chi connectivity index (χ1n) is 11.6. The largest absolute Gasteiger partial charge is 0.334 e. The van der Waals surface area contributed by atoms with Crippen molar-refractivity contribution in [1.82, 2.24) is 31.0 Å². The number of piperidine rings is 2. The van der Waals surface area contributed by atoms with E-state index in [2.05, 4.69) is 44.3 Å². The molecule has 8 heteroatoms. The van der Waals surface area contributed by atoms with Gasteiger partial charge in [-0.3, -0.25) is 15.3 Å². The van der Waals surface area contributed by atoms with Gasteiger partial charge in [0.25, 0.3) is 0 Å². The summed E-state index contributed by atoms with van der Waals surface area (Å²) in [6.45, 7) is 4.25. The molecule has 2 aromatic rings. The summed E-state index contributed by atoms with van der Waals surface area (Å²) in [5.74, 6) is 0.347. The molecule has 0 saturated carbocycles. The minimum absolute atomic E-state index is 0.0634. The normalized spacial score (nSPS) is 28.3. The molecule has 170 valence electrons. The van der Waals surface area contributed by atoms with Crippen LogP contribution in [0.1, 0.15) is 36.4 Å². The van der Waals surface area contributed by atoms with E-state index >= 15 is 0 Å². The maximum Gasteiger partial charge on any atom is 0.317 e. The molecule has 1 aromatic heterocycles. The first-order valence-corrected chi connectivity index (χ1v) is 12.0. The number of benzene rings is 1. The summed E-state index contributed by atoms with van der Waals surface area (Å²) in [4.78, 5) is 21.7. The highest BCUT2D eigenvalue weighted by atomic mass is 35.5. The second-order valence-corrected chi connectivity index (χ2v) is 9.57. The molecule has 5 rings (SSSR count). The summed E-state index contributed by atoms with van der Waals surface area (Å²) in [5.41, 5.74) is 9.23. The molecule has 3 saturated heterocycles. The van der Waals surface area contributed by atoms with Crippen LogP contribution in [0.5, 0.6) is 0 Å². The molecular formula is C24H31ClN6O. The van der Waals surface area contributed by atoms with E-state index in [9.17, 15) is 4.79 Å². The van der Waals surface area contributed by atoms with E-state index in [0.29, 0.717) is 12.0 Å². The van der Waals surface area contributed by atoms with Crippen molar-refractivity contribution < 1.29 is 4.79 Å². The predicted octanol–water partition coefficient (Wildman–Crippen LogP) is 2.95. The van der Waals surface area contributed by atoms with Crippen molar-refractivity contribution in [2.24, 2.45) is 5.92 Å². The number of carbonyl (C=O) groups excluding carboxylic acids is 1. The van der Waals surface area contributed by atoms with Crippen LogP contribution in [0.2, 0.25) is 5.02 Å². The molecule has 3 unspecified atom stereocenters. The number of hydrazine groups is 1. The second-order valence-electron chi connectivity index (χ2n) is 9.17. The van der Waals surface area contributed by atoms with Crippen LogP contribution < -0.4 is 16.2 Å². The summed E-state index contributed by atoms with van der Waals surface area (Å²) in [5, 5.41) is 4.12. The lowest BCUT2D eigenvalue weighted by Gasteiger charge is -2.38. The molecule has 3 N–H and O–H groups in total. The van der Waals surface area contributed by atoms with Crippen LogP contribution in [0.15, 0.2) is 48.8 Å². The van der Waals surface area contributed by atoms with E-state index in [1.807, 2.05) is 35.5 Å². The van der Waals surface area contributed by atoms with Gasteiger partial charge in [0.2, 0.25) is 0 Å². The van der Waals surface area contributed by atoms with E-state index < -0.39 is 0 Å². The summed E-state index contributed by atoms with van der Waals surface area (Å²) in [6.07, 6.45) is 6.71. The Hall–Kier alpha value is -2.19. The standard InChI is InChI=1S/C24H31ClN6O/c25-21-6-2-1-4-18(21)14-30-12-3-5-19(15-30)27-24(32)31-13-9-22-20(16-31)23(29-28-22)17-7-10-26-11-8-17/h1-2,4,6-8,10-11,19-20,22-23,28-29H,3,5,9,12-16H2,(H,27,32)/t19-,20?,22?,23?/m1/s1. The van der Waals surface area contributed by atoms with Crippen molar-refractivity contribution in [3.8, 4) is 0 Å². The number of nitrogens with one attached hydrogen (secondary N) is 3. The summed E-state index contributed by atoms with van der Waals surface area (Å²) in [6, 6.07) is 12.9. The van der Waals surface area contributed by atoms with Gasteiger partial charge < -0.3 is 10.2 Å². The number of hydrogen-bond acceptors (Lipinski definition) is 5. The van der Waals surface area contributed by atoms with Gasteiger partial charge in [-0.1, -0.05) is 29.8 Å². The Balaban J connectivity index is 1.17. The maximum atomic E-state index is 13.1. The van der Waals surface area contributed by atoms with Crippen molar-refractivity contribution in [1.29, 1.82) is 0 Å². The minimum Gasteiger partial charge on any atom is -0.334 e. The number of likely N-dealkylation sites (tertiary alicyclic amines) is 2. The van der Waals surface area contributed by atoms with Crippen molar-refractivity contribution in [3.63, 3.8) is 0 Å². The van der Waals surface area contributed by atoms with Crippen LogP contribution in [0.3, 0.4) is 0 Å². The zero-order valence-electron chi connectivity index (χ0n) is 18.2. The Kier molecular flexibility index (Phi) is 6.59. The zero-order chi connectivity index (χ0) is 21.9. The average molecular weight is 455 g/mol. The first-order chi connectivity index (χ1) is 15.7. The summed E-state index contributed by atoms with van der Waals surface area (Å²) < 4.78 is 0. The maximum absolute atomic E-state index is 13.1. The lowest BCUT2D eigenvalue weighted by Crippen LogP contribution is -2.55. The zero-order valence-corrected chi connectivity index (χ0v) is 19.0. The molecule has 32 heavy (non-hydrogen) atoms. The van der Waals surface area contributed by atoms with Gasteiger partial charge >= 0.3 is 6.03 Å². The van der Waals surface area contributed by atoms with Crippen LogP contribution in [0.25, 0.3) is 0 Å². The van der Waals surface area contributed by atoms with Crippen molar-refractivity contribution in [3.05, 3.63) is 64.9 Å². The number of carbonyl (C=O) groups is 1. The Morgan fingerprint density at radius 2 is 1.94 bits per heavy atom. The molecule has 7 nitrogen and oxygen atoms in total. The topological polar surface area (TPSA) is 72.5 Å². The highest BCUT2D eigenvalue weighted by molar-refractivity contribution is 6.31. The number of aromatic nitrogens is 1. The van der Waals surface area contributed by atoms with E-state index in [-0.39, 0.29) is 18.1 Å². The Morgan fingerprint density at radius 3 is 2.78 bits per heavy atom. The quantitative estimate of drug-likeness (QED) is 0.662. The molecule has 4 heterocycles. The fraction of sp³-hybridized carbons (Fsp3) is 0.500. The second kappa shape index (κ2) is 9.75. The number of hydrogen-bond donors (Lipinski definition) is 3. The fourth-order valence-electron chi connectivity index (χ4n) is 5.34. The highest BCUT2D eigenvalue weighted by Crippen LogP contribution is 2.33. The number of nitrogens with zero attached hydrogens (tertiary/aromatic N) is 3. The molecule has 0 bridgehead atoms. The van der Waals surface area contributed by atoms with Crippen molar-refractivity contribution in [2.75, 3.05) is 26.2 Å². The predicted molar refractivity (Wildman–Crippen MR) is 125 cm³/mol. The van der Waals surface area contributed by atoms with Gasteiger partial charge in [0.1, 0.15) is 0 Å². The third-order valence-corrected chi connectivity index (χ3v) is 7.42. The molecule has 0 aliphatic carbocycles. The summed E-state index contributed by atoms with van der Waals surface area (Å²) >= 11 is 6.35. The van der Waals surface area contributed by atoms with Gasteiger partial charge in [-0.05, 0) is 55.1 Å². The monoisotopic (exact) mass is 454 g/mol. The Labute approximate surface area is 194 Å². The number of pyridine rings is 1. The lowest BCUT2D eigenvalue weighted by atomic mass is 9.85. The van der Waals surface area contributed by atoms with Crippen LogP contribution >= 0.6 is 11.6 Å². The minimum atomic E-state index is 0.0634. The third-order valence-electron chi connectivity index (χ3n) is 7.05. The molecule has 0 radical (unpaired) electrons. The van der Waals surface area contributed by atoms with Gasteiger partial charge in [0, 0.05) is 61.6 Å². The van der Waals surface area contributed by atoms with Gasteiger partial charge in [-0.25, -0.2) is 10.2 Å². The fourth-order valence-corrected chi connectivity index (χ4v) is 5.53. The van der Waals surface area contributed by atoms with Crippen LogP contribution in [-0.2, 0) is 6.54 Å². The molecular weight excluding hydrogens is 424 g/mol. The molecule has 4 atom stereocenters. The van der Waals surface area contributed by atoms with E-state index in [1.165, 1.54) is 5.56 Å². The van der Waals surface area contributed by atoms with Crippen LogP contribution in [0, 0.1) is 5.92 Å². The smallest absolute Gasteiger partial charge is 0.317 e.